The molecule has 0 aromatic carbocycles. The molecule has 2 rings (SSSR count). The molecular weight excluding hydrogens is 232 g/mol. The molecule has 1 aliphatic heterocycles. The molecule has 0 saturated carbocycles. The van der Waals surface area contributed by atoms with Crippen LogP contribution in [0.1, 0.15) is 50.1 Å². The van der Waals surface area contributed by atoms with E-state index in [0.717, 1.165) is 25.1 Å². The molecule has 6 heteroatoms. The summed E-state index contributed by atoms with van der Waals surface area (Å²) in [6.45, 7) is 6.70. The predicted molar refractivity (Wildman–Crippen MR) is 66.3 cm³/mol. The fourth-order valence-electron chi connectivity index (χ4n) is 2.16. The molecule has 0 radical (unpaired) electrons. The number of carbonyl (C=O) groups excluding carboxylic acids is 1. The number of H-pyrrole nitrogens is 1. The standard InChI is InChI=1S/C12H20N4O2/c1-4-9-14-10(16-15-9)11(17)13-8-5-6-18-12(2,3)7-8/h8H,4-7H2,1-3H3,(H,13,17)(H,14,15,16). The van der Waals surface area contributed by atoms with Crippen molar-refractivity contribution in [3.63, 3.8) is 0 Å². The highest BCUT2D eigenvalue weighted by atomic mass is 16.5. The Balaban J connectivity index is 1.94. The largest absolute Gasteiger partial charge is 0.375 e. The smallest absolute Gasteiger partial charge is 0.291 e. The maximum Gasteiger partial charge on any atom is 0.291 e. The first kappa shape index (κ1) is 13.0. The zero-order chi connectivity index (χ0) is 13.2. The Kier molecular flexibility index (Phi) is 3.65. The quantitative estimate of drug-likeness (QED) is 0.842. The van der Waals surface area contributed by atoms with Gasteiger partial charge < -0.3 is 10.1 Å². The van der Waals surface area contributed by atoms with E-state index >= 15 is 0 Å². The Morgan fingerprint density at radius 3 is 3.00 bits per heavy atom. The zero-order valence-electron chi connectivity index (χ0n) is 11.1. The van der Waals surface area contributed by atoms with Gasteiger partial charge in [0.15, 0.2) is 0 Å². The van der Waals surface area contributed by atoms with Crippen LogP contribution in [0.3, 0.4) is 0 Å². The lowest BCUT2D eigenvalue weighted by Gasteiger charge is -2.35. The number of nitrogens with one attached hydrogen (secondary N) is 2. The van der Waals surface area contributed by atoms with E-state index in [9.17, 15) is 4.79 Å². The van der Waals surface area contributed by atoms with Gasteiger partial charge in [-0.2, -0.15) is 0 Å². The third kappa shape index (κ3) is 3.07. The molecule has 1 atom stereocenters. The number of hydrogen-bond acceptors (Lipinski definition) is 4. The number of rotatable bonds is 3. The molecule has 1 fully saturated rings. The van der Waals surface area contributed by atoms with E-state index in [4.69, 9.17) is 4.74 Å². The Morgan fingerprint density at radius 2 is 2.39 bits per heavy atom. The summed E-state index contributed by atoms with van der Waals surface area (Å²) in [5.74, 6) is 0.734. The number of aryl methyl sites for hydroxylation is 1. The third-order valence-corrected chi connectivity index (χ3v) is 3.10. The third-order valence-electron chi connectivity index (χ3n) is 3.10. The van der Waals surface area contributed by atoms with Crippen molar-refractivity contribution in [2.45, 2.75) is 51.7 Å². The van der Waals surface area contributed by atoms with Gasteiger partial charge in [0, 0.05) is 19.1 Å². The first-order valence-corrected chi connectivity index (χ1v) is 6.36. The first-order valence-electron chi connectivity index (χ1n) is 6.36. The Bertz CT molecular complexity index is 427. The zero-order valence-corrected chi connectivity index (χ0v) is 11.1. The SMILES string of the molecule is CCc1nc(C(=O)NC2CCOC(C)(C)C2)n[nH]1. The number of nitrogens with zero attached hydrogens (tertiary/aromatic N) is 2. The molecule has 18 heavy (non-hydrogen) atoms. The summed E-state index contributed by atoms with van der Waals surface area (Å²) in [5, 5.41) is 9.62. The van der Waals surface area contributed by atoms with E-state index in [0.29, 0.717) is 6.61 Å². The highest BCUT2D eigenvalue weighted by molar-refractivity contribution is 5.90. The maximum absolute atomic E-state index is 12.0. The van der Waals surface area contributed by atoms with Crippen LogP contribution < -0.4 is 5.32 Å². The number of hydrogen-bond donors (Lipinski definition) is 2. The normalized spacial score (nSPS) is 22.7. The van der Waals surface area contributed by atoms with E-state index < -0.39 is 0 Å². The molecule has 0 aliphatic carbocycles. The topological polar surface area (TPSA) is 79.9 Å². The molecule has 1 amide bonds. The van der Waals surface area contributed by atoms with E-state index in [-0.39, 0.29) is 23.4 Å². The summed E-state index contributed by atoms with van der Waals surface area (Å²) in [4.78, 5) is 16.1. The van der Waals surface area contributed by atoms with E-state index in [1.165, 1.54) is 0 Å². The molecule has 1 saturated heterocycles. The second-order valence-corrected chi connectivity index (χ2v) is 5.23. The van der Waals surface area contributed by atoms with Crippen molar-refractivity contribution in [3.8, 4) is 0 Å². The second kappa shape index (κ2) is 5.06. The Hall–Kier alpha value is -1.43. The highest BCUT2D eigenvalue weighted by Gasteiger charge is 2.30. The molecule has 6 nitrogen and oxygen atoms in total. The first-order chi connectivity index (χ1) is 8.50. The van der Waals surface area contributed by atoms with Crippen LogP contribution in [-0.4, -0.2) is 39.3 Å². The lowest BCUT2D eigenvalue weighted by molar-refractivity contribution is -0.0615. The summed E-state index contributed by atoms with van der Waals surface area (Å²) in [5.41, 5.74) is -0.177. The highest BCUT2D eigenvalue weighted by Crippen LogP contribution is 2.23. The van der Waals surface area contributed by atoms with Gasteiger partial charge in [-0.15, -0.1) is 5.10 Å². The summed E-state index contributed by atoms with van der Waals surface area (Å²) in [7, 11) is 0. The van der Waals surface area contributed by atoms with Gasteiger partial charge in [0.05, 0.1) is 5.60 Å². The summed E-state index contributed by atoms with van der Waals surface area (Å²) in [6.07, 6.45) is 2.38. The van der Waals surface area contributed by atoms with Crippen LogP contribution in [0.25, 0.3) is 0 Å². The molecule has 0 spiro atoms. The summed E-state index contributed by atoms with van der Waals surface area (Å²) < 4.78 is 5.62. The molecule has 1 aromatic heterocycles. The van der Waals surface area contributed by atoms with Crippen LogP contribution in [0, 0.1) is 0 Å². The van der Waals surface area contributed by atoms with E-state index in [1.807, 2.05) is 20.8 Å². The van der Waals surface area contributed by atoms with Gasteiger partial charge in [-0.3, -0.25) is 9.89 Å². The fourth-order valence-corrected chi connectivity index (χ4v) is 2.16. The van der Waals surface area contributed by atoms with Crippen LogP contribution in [0.15, 0.2) is 0 Å². The minimum Gasteiger partial charge on any atom is -0.375 e. The van der Waals surface area contributed by atoms with Gasteiger partial charge in [0.2, 0.25) is 5.82 Å². The predicted octanol–water partition coefficient (Wildman–Crippen LogP) is 1.05. The van der Waals surface area contributed by atoms with Gasteiger partial charge in [0.1, 0.15) is 5.82 Å². The number of aromatic nitrogens is 3. The van der Waals surface area contributed by atoms with Crippen molar-refractivity contribution in [1.29, 1.82) is 0 Å². The molecule has 2 N–H and O–H groups in total. The molecular formula is C12H20N4O2. The van der Waals surface area contributed by atoms with Gasteiger partial charge in [-0.1, -0.05) is 6.92 Å². The van der Waals surface area contributed by atoms with Crippen LogP contribution in [0.2, 0.25) is 0 Å². The van der Waals surface area contributed by atoms with Gasteiger partial charge in [-0.25, -0.2) is 4.98 Å². The summed E-state index contributed by atoms with van der Waals surface area (Å²) >= 11 is 0. The van der Waals surface area contributed by atoms with Gasteiger partial charge >= 0.3 is 0 Å². The lowest BCUT2D eigenvalue weighted by Crippen LogP contribution is -2.46. The van der Waals surface area contributed by atoms with Gasteiger partial charge in [0.25, 0.3) is 5.91 Å². The molecule has 0 bridgehead atoms. The molecule has 1 aliphatic rings. The Morgan fingerprint density at radius 1 is 1.61 bits per heavy atom. The number of ether oxygens (including phenoxy) is 1. The van der Waals surface area contributed by atoms with Crippen LogP contribution in [0.4, 0.5) is 0 Å². The fraction of sp³-hybridized carbons (Fsp3) is 0.750. The van der Waals surface area contributed by atoms with Crippen molar-refractivity contribution in [2.75, 3.05) is 6.61 Å². The monoisotopic (exact) mass is 252 g/mol. The lowest BCUT2D eigenvalue weighted by atomic mass is 9.94. The van der Waals surface area contributed by atoms with Crippen molar-refractivity contribution in [1.82, 2.24) is 20.5 Å². The van der Waals surface area contributed by atoms with E-state index in [1.54, 1.807) is 0 Å². The maximum atomic E-state index is 12.0. The van der Waals surface area contributed by atoms with Crippen molar-refractivity contribution in [2.24, 2.45) is 0 Å². The second-order valence-electron chi connectivity index (χ2n) is 5.23. The molecule has 2 heterocycles. The number of aromatic amines is 1. The average Bonchev–Trinajstić information content (AvgIpc) is 2.76. The van der Waals surface area contributed by atoms with Gasteiger partial charge in [-0.05, 0) is 26.7 Å². The summed E-state index contributed by atoms with van der Waals surface area (Å²) in [6, 6.07) is 0.129. The number of amides is 1. The minimum absolute atomic E-state index is 0.129. The van der Waals surface area contributed by atoms with Crippen molar-refractivity contribution >= 4 is 5.91 Å². The average molecular weight is 252 g/mol. The minimum atomic E-state index is -0.214. The Labute approximate surface area is 107 Å². The number of carbonyl (C=O) groups is 1. The van der Waals surface area contributed by atoms with Crippen LogP contribution >= 0.6 is 0 Å². The van der Waals surface area contributed by atoms with Crippen LogP contribution in [0.5, 0.6) is 0 Å². The van der Waals surface area contributed by atoms with Crippen molar-refractivity contribution < 1.29 is 9.53 Å². The van der Waals surface area contributed by atoms with Crippen LogP contribution in [-0.2, 0) is 11.2 Å². The molecule has 1 aromatic rings. The van der Waals surface area contributed by atoms with E-state index in [2.05, 4.69) is 20.5 Å². The molecule has 1 unspecified atom stereocenters. The molecule has 100 valence electrons. The van der Waals surface area contributed by atoms with Crippen molar-refractivity contribution in [3.05, 3.63) is 11.6 Å².